The van der Waals surface area contributed by atoms with Crippen LogP contribution in [0, 0.1) is 35.5 Å². The number of nitrogens with one attached hydrogen (secondary N) is 4. The molecule has 13 atom stereocenters. The highest BCUT2D eigenvalue weighted by atomic mass is 16.5. The Balaban J connectivity index is 2.98. The molecule has 2 rings (SSSR count). The van der Waals surface area contributed by atoms with Crippen molar-refractivity contribution in [1.82, 2.24) is 75.8 Å². The molecule has 0 aromatic carbocycles. The molecule has 0 radical (unpaired) electrons. The minimum Gasteiger partial charge on any atom is -0.390 e. The van der Waals surface area contributed by atoms with Crippen LogP contribution in [-0.2, 0) is 64.0 Å². The highest BCUT2D eigenvalue weighted by Gasteiger charge is 2.46. The van der Waals surface area contributed by atoms with Gasteiger partial charge >= 0.3 is 0 Å². The molecule has 528 valence electrons. The van der Waals surface area contributed by atoms with E-state index in [1.165, 1.54) is 89.1 Å². The van der Waals surface area contributed by atoms with Crippen molar-refractivity contribution in [3.05, 3.63) is 18.5 Å². The van der Waals surface area contributed by atoms with Gasteiger partial charge in [-0.25, -0.2) is 4.68 Å². The van der Waals surface area contributed by atoms with Crippen molar-refractivity contribution < 1.29 is 62.6 Å². The Morgan fingerprint density at radius 1 is 0.559 bits per heavy atom. The number of likely N-dealkylation sites (N-methyl/N-ethyl adjacent to an activating group) is 7. The van der Waals surface area contributed by atoms with Crippen LogP contribution >= 0.6 is 0 Å². The van der Waals surface area contributed by atoms with Crippen LogP contribution in [0.25, 0.3) is 0 Å². The number of tetrazole rings is 1. The first-order valence-corrected chi connectivity index (χ1v) is 33.0. The number of ether oxygens (including phenoxy) is 1. The van der Waals surface area contributed by atoms with Gasteiger partial charge in [-0.2, -0.15) is 0 Å². The summed E-state index contributed by atoms with van der Waals surface area (Å²) in [6, 6.07) is -13.0. The van der Waals surface area contributed by atoms with E-state index in [4.69, 9.17) is 4.74 Å². The summed E-state index contributed by atoms with van der Waals surface area (Å²) in [7, 11) is 9.78. The fourth-order valence-electron chi connectivity index (χ4n) is 11.5. The van der Waals surface area contributed by atoms with Crippen LogP contribution in [0.2, 0.25) is 0 Å². The molecule has 1 aliphatic rings. The Morgan fingerprint density at radius 2 is 1.06 bits per heavy atom. The van der Waals surface area contributed by atoms with E-state index in [1.54, 1.807) is 72.2 Å². The minimum atomic E-state index is -1.64. The molecule has 1 aromatic rings. The zero-order valence-electron chi connectivity index (χ0n) is 60.0. The Kier molecular flexibility index (Phi) is 33.8. The van der Waals surface area contributed by atoms with E-state index >= 15 is 14.4 Å². The quantitative estimate of drug-likeness (QED) is 0.0922. The van der Waals surface area contributed by atoms with E-state index < -0.39 is 162 Å². The van der Waals surface area contributed by atoms with Gasteiger partial charge in [0.2, 0.25) is 65.0 Å². The fraction of sp³-hybridized carbons (Fsp3) is 0.785. The number of carbonyl (C=O) groups excluding carboxylic acids is 11. The molecular formula is C65H115N15O13. The lowest BCUT2D eigenvalue weighted by Crippen LogP contribution is -2.63. The first kappa shape index (κ1) is 82.0. The zero-order chi connectivity index (χ0) is 71.2. The van der Waals surface area contributed by atoms with E-state index in [2.05, 4.69) is 36.8 Å². The third-order valence-electron chi connectivity index (χ3n) is 17.3. The van der Waals surface area contributed by atoms with Crippen molar-refractivity contribution in [1.29, 1.82) is 0 Å². The smallest absolute Gasteiger partial charge is 0.246 e. The third kappa shape index (κ3) is 23.4. The number of amides is 11. The second kappa shape index (κ2) is 38.3. The molecule has 93 heavy (non-hydrogen) atoms. The van der Waals surface area contributed by atoms with Gasteiger partial charge in [-0.1, -0.05) is 95.2 Å². The van der Waals surface area contributed by atoms with Crippen molar-refractivity contribution in [3.63, 3.8) is 0 Å². The number of aliphatic hydroxyl groups excluding tert-OH is 1. The van der Waals surface area contributed by atoms with Crippen molar-refractivity contribution >= 4 is 65.0 Å². The maximum Gasteiger partial charge on any atom is 0.246 e. The van der Waals surface area contributed by atoms with Crippen molar-refractivity contribution in [2.45, 2.75) is 235 Å². The standard InChI is InChI=1S/C65H115N15O13/c1-24-26-29-42(13)55(82)54-59(86)69-46(25-2)61(88)73(17)35-50(81)77(21)53(45(16)93-31-28-27-30-80-36-66-71-72-80)58(85)70-51(40(9)10)64(91)74(18)47(32-37(3)4)57(84)67-43(14)56(83)68-44(15)60(87)75(19)48(33-38(5)6)62(89)76(20)49(34-39(7)8)63(90)78(22)52(41(11)12)65(92)79(54)23/h24,26,36-49,51-55,82H,25,27-35H2,1-23H3,(H,67,84)(H,68,83)(H,69,86)(H,70,85)/b26-24+/t42-,43+,44-,45-,46+,47+,48+,49-,51+,52+,53+,54+,55-/m1/s1. The van der Waals surface area contributed by atoms with Gasteiger partial charge in [0, 0.05) is 62.5 Å². The molecule has 0 spiro atoms. The van der Waals surface area contributed by atoms with Gasteiger partial charge in [0.15, 0.2) is 0 Å². The van der Waals surface area contributed by atoms with Gasteiger partial charge in [0.1, 0.15) is 66.7 Å². The average Bonchev–Trinajstić information content (AvgIpc) is 1.07. The van der Waals surface area contributed by atoms with Gasteiger partial charge in [0.05, 0.1) is 18.8 Å². The molecule has 0 aliphatic carbocycles. The number of allylic oxidation sites excluding steroid dienone is 2. The molecule has 28 nitrogen and oxygen atoms in total. The molecule has 2 heterocycles. The minimum absolute atomic E-state index is 0.0139. The maximum atomic E-state index is 15.2. The Bertz CT molecular complexity index is 2670. The van der Waals surface area contributed by atoms with Gasteiger partial charge in [0.25, 0.3) is 0 Å². The summed E-state index contributed by atoms with van der Waals surface area (Å²) in [4.78, 5) is 170. The van der Waals surface area contributed by atoms with Gasteiger partial charge < -0.3 is 65.4 Å². The Morgan fingerprint density at radius 3 is 1.57 bits per heavy atom. The van der Waals surface area contributed by atoms with Crippen LogP contribution in [0.3, 0.4) is 0 Å². The second-order valence-corrected chi connectivity index (χ2v) is 27.2. The number of aromatic nitrogens is 4. The van der Waals surface area contributed by atoms with Crippen molar-refractivity contribution in [2.75, 3.05) is 62.5 Å². The second-order valence-electron chi connectivity index (χ2n) is 27.2. The normalized spacial score (nSPS) is 25.9. The number of nitrogens with zero attached hydrogens (tertiary/aromatic N) is 11. The summed E-state index contributed by atoms with van der Waals surface area (Å²) in [6.45, 7) is 27.6. The molecule has 1 fully saturated rings. The zero-order valence-corrected chi connectivity index (χ0v) is 60.0. The van der Waals surface area contributed by atoms with E-state index in [0.717, 1.165) is 14.7 Å². The highest BCUT2D eigenvalue weighted by molar-refractivity contribution is 5.99. The monoisotopic (exact) mass is 1310 g/mol. The highest BCUT2D eigenvalue weighted by Crippen LogP contribution is 2.26. The van der Waals surface area contributed by atoms with E-state index in [1.807, 2.05) is 41.5 Å². The predicted molar refractivity (Wildman–Crippen MR) is 351 cm³/mol. The lowest BCUT2D eigenvalue weighted by atomic mass is 9.91. The molecule has 1 saturated heterocycles. The van der Waals surface area contributed by atoms with Crippen molar-refractivity contribution in [3.8, 4) is 0 Å². The largest absolute Gasteiger partial charge is 0.390 e. The molecule has 28 heteroatoms. The Labute approximate surface area is 552 Å². The molecule has 5 N–H and O–H groups in total. The molecule has 0 bridgehead atoms. The number of aliphatic hydroxyl groups is 1. The van der Waals surface area contributed by atoms with Crippen LogP contribution in [0.15, 0.2) is 18.5 Å². The summed E-state index contributed by atoms with van der Waals surface area (Å²) >= 11 is 0. The molecule has 1 aliphatic heterocycles. The molecule has 1 aromatic heterocycles. The third-order valence-corrected chi connectivity index (χ3v) is 17.3. The van der Waals surface area contributed by atoms with Crippen LogP contribution in [0.1, 0.15) is 156 Å². The first-order valence-electron chi connectivity index (χ1n) is 33.0. The van der Waals surface area contributed by atoms with Crippen molar-refractivity contribution in [2.24, 2.45) is 35.5 Å². The summed E-state index contributed by atoms with van der Waals surface area (Å²) in [5, 5.41) is 34.3. The maximum absolute atomic E-state index is 15.2. The Hall–Kier alpha value is -7.10. The number of rotatable bonds is 20. The van der Waals surface area contributed by atoms with Gasteiger partial charge in [-0.05, 0) is 119 Å². The lowest BCUT2D eigenvalue weighted by molar-refractivity contribution is -0.157. The molecular weight excluding hydrogens is 1200 g/mol. The lowest BCUT2D eigenvalue weighted by Gasteiger charge is -2.41. The summed E-state index contributed by atoms with van der Waals surface area (Å²) < 4.78 is 7.78. The number of unbranched alkanes of at least 4 members (excludes halogenated alkanes) is 1. The SMILES string of the molecule is C/C=C/C[C@@H](C)[C@@H](O)[C@H]1C(=O)N[C@@H](CC)C(=O)N(C)CC(=O)N(C)[C@@H]([C@@H](C)OCCCCn2cnnn2)C(=O)N[C@@H](C(C)C)C(=O)N(C)[C@@H](CC(C)C)C(=O)N[C@@H](C)C(=O)N[C@H](C)C(=O)N(C)[C@@H](CC(C)C)C(=O)N(C)[C@H](CC(C)C)C(=O)N(C)[C@@H](C(C)C)C(=O)N1C. The van der Waals surface area contributed by atoms with Crippen LogP contribution in [0.5, 0.6) is 0 Å². The molecule has 0 unspecified atom stereocenters. The summed E-state index contributed by atoms with van der Waals surface area (Å²) in [6.07, 6.45) is 4.26. The van der Waals surface area contributed by atoms with Crippen LogP contribution in [-0.4, -0.2) is 260 Å². The van der Waals surface area contributed by atoms with Gasteiger partial charge in [-0.3, -0.25) is 52.7 Å². The van der Waals surface area contributed by atoms with Crippen LogP contribution < -0.4 is 21.3 Å². The molecule has 0 saturated carbocycles. The van der Waals surface area contributed by atoms with Gasteiger partial charge in [-0.15, -0.1) is 5.10 Å². The van der Waals surface area contributed by atoms with Crippen LogP contribution in [0.4, 0.5) is 0 Å². The predicted octanol–water partition coefficient (Wildman–Crippen LogP) is 2.09. The fourth-order valence-corrected chi connectivity index (χ4v) is 11.5. The topological polar surface area (TPSA) is 332 Å². The number of carbonyl (C=O) groups is 11. The van der Waals surface area contributed by atoms with E-state index in [-0.39, 0.29) is 50.0 Å². The number of hydrogen-bond donors (Lipinski definition) is 5. The van der Waals surface area contributed by atoms with E-state index in [0.29, 0.717) is 25.8 Å². The number of hydrogen-bond acceptors (Lipinski definition) is 16. The summed E-state index contributed by atoms with van der Waals surface area (Å²) in [5.74, 6) is -10.2. The van der Waals surface area contributed by atoms with E-state index in [9.17, 15) is 43.5 Å². The number of aryl methyl sites for hydroxylation is 1. The first-order chi connectivity index (χ1) is 43.3. The average molecular weight is 1310 g/mol. The molecule has 11 amide bonds. The summed E-state index contributed by atoms with van der Waals surface area (Å²) in [5.41, 5.74) is 0.